The predicted octanol–water partition coefficient (Wildman–Crippen LogP) is 1.91. The number of aryl methyl sites for hydroxylation is 1. The molecular formula is C15H15N3O3. The molecular weight excluding hydrogens is 270 g/mol. The van der Waals surface area contributed by atoms with E-state index in [0.29, 0.717) is 34.2 Å². The van der Waals surface area contributed by atoms with Crippen molar-refractivity contribution in [2.45, 2.75) is 20.3 Å². The molecule has 108 valence electrons. The first-order chi connectivity index (χ1) is 10.2. The first kappa shape index (κ1) is 13.4. The summed E-state index contributed by atoms with van der Waals surface area (Å²) >= 11 is 0. The summed E-state index contributed by atoms with van der Waals surface area (Å²) in [7, 11) is 0. The third kappa shape index (κ3) is 1.99. The Kier molecular flexibility index (Phi) is 3.21. The number of carbonyl (C=O) groups excluding carboxylic acids is 1. The molecule has 0 atom stereocenters. The summed E-state index contributed by atoms with van der Waals surface area (Å²) in [5.74, 6) is -0.463. The lowest BCUT2D eigenvalue weighted by Gasteiger charge is -2.03. The molecule has 6 nitrogen and oxygen atoms in total. The van der Waals surface area contributed by atoms with Gasteiger partial charge in [0.1, 0.15) is 5.56 Å². The number of hydrogen-bond acceptors (Lipinski definition) is 4. The molecule has 0 fully saturated rings. The zero-order chi connectivity index (χ0) is 15.0. The topological polar surface area (TPSA) is 76.5 Å². The smallest absolute Gasteiger partial charge is 0.343 e. The van der Waals surface area contributed by atoms with E-state index in [1.165, 1.54) is 0 Å². The minimum atomic E-state index is -0.463. The Morgan fingerprint density at radius 2 is 2.10 bits per heavy atom. The second-order valence-corrected chi connectivity index (χ2v) is 4.63. The van der Waals surface area contributed by atoms with E-state index < -0.39 is 5.97 Å². The van der Waals surface area contributed by atoms with E-state index in [4.69, 9.17) is 4.74 Å². The van der Waals surface area contributed by atoms with Gasteiger partial charge in [-0.15, -0.1) is 0 Å². The molecule has 0 saturated carbocycles. The molecule has 0 aliphatic heterocycles. The van der Waals surface area contributed by atoms with E-state index in [1.807, 2.05) is 13.0 Å². The number of para-hydroxylation sites is 1. The normalized spacial score (nSPS) is 11.1. The minimum Gasteiger partial charge on any atom is -0.462 e. The molecule has 0 radical (unpaired) electrons. The van der Waals surface area contributed by atoms with Gasteiger partial charge in [-0.2, -0.15) is 5.10 Å². The second kappa shape index (κ2) is 5.05. The highest BCUT2D eigenvalue weighted by Gasteiger charge is 2.22. The molecule has 0 aliphatic rings. The molecule has 0 saturated heterocycles. The summed E-state index contributed by atoms with van der Waals surface area (Å²) in [5, 5.41) is 4.98. The average molecular weight is 285 g/mol. The van der Waals surface area contributed by atoms with E-state index in [-0.39, 0.29) is 12.2 Å². The van der Waals surface area contributed by atoms with Crippen molar-refractivity contribution in [3.8, 4) is 0 Å². The number of fused-ring (bicyclic) bond motifs is 3. The number of H-pyrrole nitrogens is 1. The number of esters is 1. The second-order valence-electron chi connectivity index (χ2n) is 4.63. The monoisotopic (exact) mass is 285 g/mol. The van der Waals surface area contributed by atoms with Crippen LogP contribution in [0.3, 0.4) is 0 Å². The van der Waals surface area contributed by atoms with Crippen LogP contribution in [-0.4, -0.2) is 27.2 Å². The standard InChI is InChI=1S/C15H15N3O3/c1-3-10-12(15(20)21-4-2)13-16-14(19)9-7-5-6-8-11(9)18(13)17-10/h5-8H,3-4H2,1-2H3,(H,16,19). The summed E-state index contributed by atoms with van der Waals surface area (Å²) in [6.45, 7) is 3.93. The highest BCUT2D eigenvalue weighted by molar-refractivity contribution is 5.98. The molecule has 0 bridgehead atoms. The summed E-state index contributed by atoms with van der Waals surface area (Å²) in [5.41, 5.74) is 1.75. The number of nitrogens with one attached hydrogen (secondary N) is 1. The molecule has 0 spiro atoms. The quantitative estimate of drug-likeness (QED) is 0.746. The van der Waals surface area contributed by atoms with E-state index in [1.54, 1.807) is 29.6 Å². The molecule has 0 unspecified atom stereocenters. The molecule has 21 heavy (non-hydrogen) atoms. The fraction of sp³-hybridized carbons (Fsp3) is 0.267. The van der Waals surface area contributed by atoms with Gasteiger partial charge in [0.2, 0.25) is 0 Å². The number of benzene rings is 1. The van der Waals surface area contributed by atoms with Crippen molar-refractivity contribution in [2.24, 2.45) is 0 Å². The maximum absolute atomic E-state index is 12.2. The summed E-state index contributed by atoms with van der Waals surface area (Å²) in [4.78, 5) is 27.1. The van der Waals surface area contributed by atoms with Gasteiger partial charge in [-0.3, -0.25) is 4.79 Å². The van der Waals surface area contributed by atoms with Crippen LogP contribution >= 0.6 is 0 Å². The number of hydrogen-bond donors (Lipinski definition) is 1. The molecule has 2 aromatic heterocycles. The van der Waals surface area contributed by atoms with E-state index in [9.17, 15) is 9.59 Å². The Hall–Kier alpha value is -2.63. The zero-order valence-electron chi connectivity index (χ0n) is 11.8. The van der Waals surface area contributed by atoms with Gasteiger partial charge in [0, 0.05) is 0 Å². The number of rotatable bonds is 3. The third-order valence-electron chi connectivity index (χ3n) is 3.38. The fourth-order valence-corrected chi connectivity index (χ4v) is 2.44. The van der Waals surface area contributed by atoms with Crippen LogP contribution in [0.2, 0.25) is 0 Å². The van der Waals surface area contributed by atoms with Crippen molar-refractivity contribution in [1.29, 1.82) is 0 Å². The fourth-order valence-electron chi connectivity index (χ4n) is 2.44. The maximum Gasteiger partial charge on any atom is 0.343 e. The lowest BCUT2D eigenvalue weighted by Crippen LogP contribution is -2.12. The summed E-state index contributed by atoms with van der Waals surface area (Å²) in [6, 6.07) is 7.16. The van der Waals surface area contributed by atoms with Crippen LogP contribution in [-0.2, 0) is 11.2 Å². The highest BCUT2D eigenvalue weighted by Crippen LogP contribution is 2.19. The predicted molar refractivity (Wildman–Crippen MR) is 78.7 cm³/mol. The zero-order valence-corrected chi connectivity index (χ0v) is 11.8. The molecule has 0 amide bonds. The molecule has 2 heterocycles. The summed E-state index contributed by atoms with van der Waals surface area (Å²) < 4.78 is 6.67. The van der Waals surface area contributed by atoms with Crippen LogP contribution in [0.25, 0.3) is 16.6 Å². The van der Waals surface area contributed by atoms with Crippen molar-refractivity contribution < 1.29 is 9.53 Å². The lowest BCUT2D eigenvalue weighted by molar-refractivity contribution is 0.0527. The number of carbonyl (C=O) groups is 1. The Labute approximate surface area is 120 Å². The third-order valence-corrected chi connectivity index (χ3v) is 3.38. The van der Waals surface area contributed by atoms with Gasteiger partial charge in [-0.25, -0.2) is 9.31 Å². The van der Waals surface area contributed by atoms with Crippen molar-refractivity contribution in [3.63, 3.8) is 0 Å². The van der Waals surface area contributed by atoms with Crippen LogP contribution in [0.15, 0.2) is 29.1 Å². The van der Waals surface area contributed by atoms with Gasteiger partial charge >= 0.3 is 5.97 Å². The summed E-state index contributed by atoms with van der Waals surface area (Å²) in [6.07, 6.45) is 0.576. The number of aromatic amines is 1. The Morgan fingerprint density at radius 3 is 2.81 bits per heavy atom. The van der Waals surface area contributed by atoms with Gasteiger partial charge in [-0.1, -0.05) is 19.1 Å². The van der Waals surface area contributed by atoms with Crippen LogP contribution < -0.4 is 5.56 Å². The molecule has 1 N–H and O–H groups in total. The Morgan fingerprint density at radius 1 is 1.33 bits per heavy atom. The van der Waals surface area contributed by atoms with E-state index >= 15 is 0 Å². The van der Waals surface area contributed by atoms with E-state index in [0.717, 1.165) is 0 Å². The Balaban J connectivity index is 2.43. The lowest BCUT2D eigenvalue weighted by atomic mass is 10.2. The van der Waals surface area contributed by atoms with Crippen molar-refractivity contribution in [2.75, 3.05) is 6.61 Å². The molecule has 3 aromatic rings. The first-order valence-corrected chi connectivity index (χ1v) is 6.87. The van der Waals surface area contributed by atoms with Crippen LogP contribution in [0.5, 0.6) is 0 Å². The van der Waals surface area contributed by atoms with Crippen molar-refractivity contribution in [3.05, 3.63) is 45.9 Å². The van der Waals surface area contributed by atoms with Crippen LogP contribution in [0.1, 0.15) is 29.9 Å². The van der Waals surface area contributed by atoms with Gasteiger partial charge in [0.25, 0.3) is 5.56 Å². The van der Waals surface area contributed by atoms with Crippen molar-refractivity contribution >= 4 is 22.5 Å². The number of ether oxygens (including phenoxy) is 1. The first-order valence-electron chi connectivity index (χ1n) is 6.87. The molecule has 6 heteroatoms. The minimum absolute atomic E-state index is 0.244. The number of aromatic nitrogens is 3. The largest absolute Gasteiger partial charge is 0.462 e. The van der Waals surface area contributed by atoms with Gasteiger partial charge in [0.15, 0.2) is 5.65 Å². The van der Waals surface area contributed by atoms with Gasteiger partial charge in [-0.05, 0) is 25.5 Å². The van der Waals surface area contributed by atoms with Crippen LogP contribution in [0, 0.1) is 0 Å². The van der Waals surface area contributed by atoms with Crippen LogP contribution in [0.4, 0.5) is 0 Å². The molecule has 1 aromatic carbocycles. The van der Waals surface area contributed by atoms with Crippen molar-refractivity contribution in [1.82, 2.24) is 14.6 Å². The van der Waals surface area contributed by atoms with Gasteiger partial charge < -0.3 is 9.72 Å². The highest BCUT2D eigenvalue weighted by atomic mass is 16.5. The SMILES string of the molecule is CCOC(=O)c1c(CC)nn2c1[nH]c(=O)c1ccccc12. The maximum atomic E-state index is 12.2. The Bertz CT molecular complexity index is 892. The molecule has 3 rings (SSSR count). The van der Waals surface area contributed by atoms with E-state index in [2.05, 4.69) is 10.1 Å². The molecule has 0 aliphatic carbocycles. The van der Waals surface area contributed by atoms with Gasteiger partial charge in [0.05, 0.1) is 23.2 Å². The average Bonchev–Trinajstić information content (AvgIpc) is 2.86. The number of nitrogens with zero attached hydrogens (tertiary/aromatic N) is 2.